The third-order valence-electron chi connectivity index (χ3n) is 3.36. The minimum Gasteiger partial charge on any atom is -0.489 e. The summed E-state index contributed by atoms with van der Waals surface area (Å²) in [5.74, 6) is 0.207. The maximum Gasteiger partial charge on any atom is 0.131 e. The molecule has 1 N–H and O–H groups in total. The SMILES string of the molecule is CNC(C)c1ccc(OCc2ccc(C#N)cc2)cc1F. The lowest BCUT2D eigenvalue weighted by molar-refractivity contribution is 0.304. The van der Waals surface area contributed by atoms with Crippen molar-refractivity contribution < 1.29 is 9.13 Å². The number of nitrogens with zero attached hydrogens (tertiary/aromatic N) is 1. The molecule has 0 radical (unpaired) electrons. The highest BCUT2D eigenvalue weighted by atomic mass is 19.1. The zero-order chi connectivity index (χ0) is 15.2. The molecule has 0 aromatic heterocycles. The Labute approximate surface area is 124 Å². The first-order chi connectivity index (χ1) is 10.1. The first kappa shape index (κ1) is 15.0. The number of ether oxygens (including phenoxy) is 1. The zero-order valence-corrected chi connectivity index (χ0v) is 12.1. The van der Waals surface area contributed by atoms with Gasteiger partial charge in [-0.25, -0.2) is 4.39 Å². The van der Waals surface area contributed by atoms with Gasteiger partial charge in [-0.05, 0) is 37.7 Å². The van der Waals surface area contributed by atoms with Crippen LogP contribution in [0.2, 0.25) is 0 Å². The lowest BCUT2D eigenvalue weighted by Gasteiger charge is -2.13. The van der Waals surface area contributed by atoms with Gasteiger partial charge in [0.25, 0.3) is 0 Å². The molecule has 0 saturated carbocycles. The summed E-state index contributed by atoms with van der Waals surface area (Å²) in [6.45, 7) is 2.24. The predicted octanol–water partition coefficient (Wildman–Crippen LogP) is 3.56. The van der Waals surface area contributed by atoms with Crippen LogP contribution in [0.1, 0.15) is 29.7 Å². The van der Waals surface area contributed by atoms with Crippen LogP contribution in [-0.4, -0.2) is 7.05 Å². The molecule has 0 aliphatic heterocycles. The van der Waals surface area contributed by atoms with Crippen LogP contribution in [0.4, 0.5) is 4.39 Å². The van der Waals surface area contributed by atoms with E-state index in [1.54, 1.807) is 31.3 Å². The summed E-state index contributed by atoms with van der Waals surface area (Å²) in [6.07, 6.45) is 0. The largest absolute Gasteiger partial charge is 0.489 e. The highest BCUT2D eigenvalue weighted by Crippen LogP contribution is 2.22. The van der Waals surface area contributed by atoms with Crippen LogP contribution in [0, 0.1) is 17.1 Å². The Hall–Kier alpha value is -2.38. The molecule has 1 unspecified atom stereocenters. The van der Waals surface area contributed by atoms with Gasteiger partial charge in [0.1, 0.15) is 18.2 Å². The second-order valence-electron chi connectivity index (χ2n) is 4.79. The van der Waals surface area contributed by atoms with Crippen LogP contribution in [0.5, 0.6) is 5.75 Å². The minimum atomic E-state index is -0.283. The van der Waals surface area contributed by atoms with Crippen LogP contribution in [0.3, 0.4) is 0 Å². The van der Waals surface area contributed by atoms with Gasteiger partial charge in [0, 0.05) is 17.7 Å². The molecule has 0 aliphatic carbocycles. The molecule has 0 aliphatic rings. The van der Waals surface area contributed by atoms with Gasteiger partial charge in [-0.3, -0.25) is 0 Å². The Kier molecular flexibility index (Phi) is 4.91. The fourth-order valence-corrected chi connectivity index (χ4v) is 1.95. The van der Waals surface area contributed by atoms with Gasteiger partial charge in [-0.1, -0.05) is 18.2 Å². The van der Waals surface area contributed by atoms with Crippen molar-refractivity contribution in [3.8, 4) is 11.8 Å². The summed E-state index contributed by atoms with van der Waals surface area (Å²) in [4.78, 5) is 0. The number of hydrogen-bond donors (Lipinski definition) is 1. The highest BCUT2D eigenvalue weighted by molar-refractivity contribution is 5.33. The lowest BCUT2D eigenvalue weighted by Crippen LogP contribution is -2.13. The summed E-state index contributed by atoms with van der Waals surface area (Å²) in [5.41, 5.74) is 2.15. The summed E-state index contributed by atoms with van der Waals surface area (Å²) >= 11 is 0. The van der Waals surface area contributed by atoms with Crippen molar-refractivity contribution in [1.82, 2.24) is 5.32 Å². The Morgan fingerprint density at radius 3 is 2.52 bits per heavy atom. The van der Waals surface area contributed by atoms with E-state index in [1.807, 2.05) is 19.1 Å². The molecule has 2 aromatic carbocycles. The van der Waals surface area contributed by atoms with Crippen LogP contribution in [0.25, 0.3) is 0 Å². The van der Waals surface area contributed by atoms with Crippen LogP contribution < -0.4 is 10.1 Å². The van der Waals surface area contributed by atoms with E-state index in [1.165, 1.54) is 6.07 Å². The zero-order valence-electron chi connectivity index (χ0n) is 12.1. The molecule has 2 aromatic rings. The maximum absolute atomic E-state index is 14.0. The third-order valence-corrected chi connectivity index (χ3v) is 3.36. The molecule has 1 atom stereocenters. The standard InChI is InChI=1S/C17H17FN2O/c1-12(20-2)16-8-7-15(9-17(16)18)21-11-14-5-3-13(10-19)4-6-14/h3-9,12,20H,11H2,1-2H3. The first-order valence-electron chi connectivity index (χ1n) is 6.72. The van der Waals surface area contributed by atoms with Crippen molar-refractivity contribution in [2.75, 3.05) is 7.05 Å². The molecule has 21 heavy (non-hydrogen) atoms. The quantitative estimate of drug-likeness (QED) is 0.913. The molecule has 0 fully saturated rings. The van der Waals surface area contributed by atoms with Crippen molar-refractivity contribution in [1.29, 1.82) is 5.26 Å². The van der Waals surface area contributed by atoms with Gasteiger partial charge in [0.15, 0.2) is 0 Å². The number of hydrogen-bond acceptors (Lipinski definition) is 3. The van der Waals surface area contributed by atoms with E-state index in [2.05, 4.69) is 11.4 Å². The Bertz CT molecular complexity index is 647. The van der Waals surface area contributed by atoms with Crippen LogP contribution in [-0.2, 0) is 6.61 Å². The van der Waals surface area contributed by atoms with Crippen molar-refractivity contribution in [3.63, 3.8) is 0 Å². The second-order valence-corrected chi connectivity index (χ2v) is 4.79. The molecule has 0 spiro atoms. The van der Waals surface area contributed by atoms with E-state index in [0.717, 1.165) is 5.56 Å². The van der Waals surface area contributed by atoms with E-state index < -0.39 is 0 Å². The number of nitriles is 1. The molecule has 0 heterocycles. The molecule has 4 heteroatoms. The molecule has 3 nitrogen and oxygen atoms in total. The topological polar surface area (TPSA) is 45.0 Å². The number of rotatable bonds is 5. The minimum absolute atomic E-state index is 0.0439. The molecule has 108 valence electrons. The summed E-state index contributed by atoms with van der Waals surface area (Å²) in [7, 11) is 1.79. The van der Waals surface area contributed by atoms with E-state index in [-0.39, 0.29) is 11.9 Å². The van der Waals surface area contributed by atoms with Gasteiger partial charge in [-0.2, -0.15) is 5.26 Å². The molecule has 0 saturated heterocycles. The van der Waals surface area contributed by atoms with Crippen molar-refractivity contribution in [2.24, 2.45) is 0 Å². The van der Waals surface area contributed by atoms with E-state index in [4.69, 9.17) is 10.00 Å². The molecule has 2 rings (SSSR count). The van der Waals surface area contributed by atoms with Crippen LogP contribution >= 0.6 is 0 Å². The first-order valence-corrected chi connectivity index (χ1v) is 6.72. The molecular weight excluding hydrogens is 267 g/mol. The lowest BCUT2D eigenvalue weighted by atomic mass is 10.1. The second kappa shape index (κ2) is 6.87. The van der Waals surface area contributed by atoms with Crippen molar-refractivity contribution in [2.45, 2.75) is 19.6 Å². The van der Waals surface area contributed by atoms with E-state index >= 15 is 0 Å². The molecule has 0 bridgehead atoms. The smallest absolute Gasteiger partial charge is 0.131 e. The molecular formula is C17H17FN2O. The fourth-order valence-electron chi connectivity index (χ4n) is 1.95. The van der Waals surface area contributed by atoms with Gasteiger partial charge < -0.3 is 10.1 Å². The van der Waals surface area contributed by atoms with E-state index in [9.17, 15) is 4.39 Å². The summed E-state index contributed by atoms with van der Waals surface area (Å²) in [5, 5.41) is 11.7. The molecule has 0 amide bonds. The van der Waals surface area contributed by atoms with Gasteiger partial charge in [-0.15, -0.1) is 0 Å². The average molecular weight is 284 g/mol. The monoisotopic (exact) mass is 284 g/mol. The number of halogens is 1. The normalized spacial score (nSPS) is 11.7. The summed E-state index contributed by atoms with van der Waals surface area (Å²) in [6, 6.07) is 14.0. The third kappa shape index (κ3) is 3.80. The highest BCUT2D eigenvalue weighted by Gasteiger charge is 2.10. The van der Waals surface area contributed by atoms with Crippen molar-refractivity contribution >= 4 is 0 Å². The Morgan fingerprint density at radius 2 is 1.95 bits per heavy atom. The summed E-state index contributed by atoms with van der Waals surface area (Å²) < 4.78 is 19.5. The maximum atomic E-state index is 14.0. The van der Waals surface area contributed by atoms with Gasteiger partial charge in [0.05, 0.1) is 11.6 Å². The number of nitrogens with one attached hydrogen (secondary N) is 1. The van der Waals surface area contributed by atoms with Gasteiger partial charge >= 0.3 is 0 Å². The van der Waals surface area contributed by atoms with Crippen molar-refractivity contribution in [3.05, 3.63) is 65.0 Å². The Balaban J connectivity index is 2.03. The fraction of sp³-hybridized carbons (Fsp3) is 0.235. The Morgan fingerprint density at radius 1 is 1.24 bits per heavy atom. The predicted molar refractivity (Wildman–Crippen MR) is 79.4 cm³/mol. The average Bonchev–Trinajstić information content (AvgIpc) is 2.52. The van der Waals surface area contributed by atoms with Crippen LogP contribution in [0.15, 0.2) is 42.5 Å². The van der Waals surface area contributed by atoms with Gasteiger partial charge in [0.2, 0.25) is 0 Å². The number of benzene rings is 2. The van der Waals surface area contributed by atoms with E-state index in [0.29, 0.717) is 23.5 Å².